The number of nitrogens with two attached hydrogens (primary N) is 1. The fraction of sp³-hybridized carbons (Fsp3) is 0.231. The average Bonchev–Trinajstić information content (AvgIpc) is 2.83. The molecule has 4 N–H and O–H groups in total. The van der Waals surface area contributed by atoms with Crippen molar-refractivity contribution in [1.82, 2.24) is 15.5 Å². The highest BCUT2D eigenvalue weighted by Crippen LogP contribution is 2.04. The van der Waals surface area contributed by atoms with Gasteiger partial charge in [-0.3, -0.25) is 9.89 Å². The zero-order chi connectivity index (χ0) is 13.0. The van der Waals surface area contributed by atoms with Crippen LogP contribution in [0, 0.1) is 6.92 Å². The van der Waals surface area contributed by atoms with Gasteiger partial charge in [0.15, 0.2) is 0 Å². The third kappa shape index (κ3) is 2.95. The summed E-state index contributed by atoms with van der Waals surface area (Å²) in [7, 11) is 0. The number of carbonyl (C=O) groups is 1. The molecule has 0 bridgehead atoms. The van der Waals surface area contributed by atoms with Gasteiger partial charge in [0.25, 0.3) is 5.91 Å². The number of nitrogens with one attached hydrogen (secondary N) is 2. The van der Waals surface area contributed by atoms with Gasteiger partial charge in [0.2, 0.25) is 0 Å². The molecule has 0 unspecified atom stereocenters. The Morgan fingerprint density at radius 1 is 1.33 bits per heavy atom. The van der Waals surface area contributed by atoms with Gasteiger partial charge in [-0.2, -0.15) is 5.10 Å². The largest absolute Gasteiger partial charge is 0.347 e. The monoisotopic (exact) mass is 244 g/mol. The second kappa shape index (κ2) is 5.46. The molecular formula is C13H16N4O. The lowest BCUT2D eigenvalue weighted by molar-refractivity contribution is 0.0946. The van der Waals surface area contributed by atoms with Gasteiger partial charge in [0.05, 0.1) is 0 Å². The summed E-state index contributed by atoms with van der Waals surface area (Å²) < 4.78 is 0. The molecule has 1 heterocycles. The van der Waals surface area contributed by atoms with Crippen LogP contribution in [0.3, 0.4) is 0 Å². The number of rotatable bonds is 4. The number of nitrogens with zero attached hydrogens (tertiary/aromatic N) is 1. The summed E-state index contributed by atoms with van der Waals surface area (Å²) in [6, 6.07) is 9.55. The lowest BCUT2D eigenvalue weighted by Gasteiger charge is -2.04. The normalized spacial score (nSPS) is 10.3. The first-order valence-electron chi connectivity index (χ1n) is 5.77. The van der Waals surface area contributed by atoms with E-state index in [1.807, 2.05) is 31.2 Å². The van der Waals surface area contributed by atoms with E-state index in [0.29, 0.717) is 18.8 Å². The third-order valence-corrected chi connectivity index (χ3v) is 2.65. The van der Waals surface area contributed by atoms with E-state index in [1.165, 1.54) is 0 Å². The summed E-state index contributed by atoms with van der Waals surface area (Å²) in [6.07, 6.45) is 0. The molecule has 2 aromatic rings. The Kier molecular flexibility index (Phi) is 3.74. The third-order valence-electron chi connectivity index (χ3n) is 2.65. The van der Waals surface area contributed by atoms with Crippen molar-refractivity contribution in [2.45, 2.75) is 20.0 Å². The molecule has 18 heavy (non-hydrogen) atoms. The highest BCUT2D eigenvalue weighted by atomic mass is 16.1. The van der Waals surface area contributed by atoms with Crippen LogP contribution in [0.5, 0.6) is 0 Å². The first kappa shape index (κ1) is 12.3. The quantitative estimate of drug-likeness (QED) is 0.753. The SMILES string of the molecule is Cc1cc(C(=O)NCc2ccc(CN)cc2)n[nH]1. The summed E-state index contributed by atoms with van der Waals surface area (Å²) in [5, 5.41) is 9.45. The van der Waals surface area contributed by atoms with Crippen molar-refractivity contribution >= 4 is 5.91 Å². The Bertz CT molecular complexity index is 530. The van der Waals surface area contributed by atoms with Crippen molar-refractivity contribution in [3.63, 3.8) is 0 Å². The number of benzene rings is 1. The molecule has 94 valence electrons. The first-order chi connectivity index (χ1) is 8.69. The van der Waals surface area contributed by atoms with E-state index < -0.39 is 0 Å². The second-order valence-electron chi connectivity index (χ2n) is 4.14. The highest BCUT2D eigenvalue weighted by molar-refractivity contribution is 5.92. The molecule has 1 amide bonds. The number of amides is 1. The minimum atomic E-state index is -0.178. The van der Waals surface area contributed by atoms with Crippen LogP contribution in [0.15, 0.2) is 30.3 Å². The maximum absolute atomic E-state index is 11.7. The van der Waals surface area contributed by atoms with E-state index in [4.69, 9.17) is 5.73 Å². The predicted molar refractivity (Wildman–Crippen MR) is 68.8 cm³/mol. The van der Waals surface area contributed by atoms with E-state index in [2.05, 4.69) is 15.5 Å². The van der Waals surface area contributed by atoms with Gasteiger partial charge >= 0.3 is 0 Å². The van der Waals surface area contributed by atoms with Crippen molar-refractivity contribution < 1.29 is 4.79 Å². The summed E-state index contributed by atoms with van der Waals surface area (Å²) in [6.45, 7) is 2.87. The zero-order valence-electron chi connectivity index (χ0n) is 10.2. The fourth-order valence-corrected chi connectivity index (χ4v) is 1.60. The van der Waals surface area contributed by atoms with Gasteiger partial charge in [-0.05, 0) is 24.1 Å². The first-order valence-corrected chi connectivity index (χ1v) is 5.77. The number of aryl methyl sites for hydroxylation is 1. The Labute approximate surface area is 105 Å². The smallest absolute Gasteiger partial charge is 0.272 e. The molecule has 0 saturated heterocycles. The minimum absolute atomic E-state index is 0.178. The van der Waals surface area contributed by atoms with Crippen LogP contribution in [0.2, 0.25) is 0 Å². The standard InChI is InChI=1S/C13H16N4O/c1-9-6-12(17-16-9)13(18)15-8-11-4-2-10(7-14)3-5-11/h2-6H,7-8,14H2,1H3,(H,15,18)(H,16,17). The van der Waals surface area contributed by atoms with Crippen LogP contribution >= 0.6 is 0 Å². The molecule has 1 aromatic heterocycles. The maximum Gasteiger partial charge on any atom is 0.272 e. The second-order valence-corrected chi connectivity index (χ2v) is 4.14. The molecule has 1 aromatic carbocycles. The molecule has 0 saturated carbocycles. The van der Waals surface area contributed by atoms with E-state index >= 15 is 0 Å². The van der Waals surface area contributed by atoms with Crippen molar-refractivity contribution in [3.05, 3.63) is 52.8 Å². The van der Waals surface area contributed by atoms with Crippen molar-refractivity contribution in [2.24, 2.45) is 5.73 Å². The van der Waals surface area contributed by atoms with Gasteiger partial charge in [-0.1, -0.05) is 24.3 Å². The molecule has 0 atom stereocenters. The molecular weight excluding hydrogens is 228 g/mol. The van der Waals surface area contributed by atoms with E-state index in [0.717, 1.165) is 16.8 Å². The number of H-pyrrole nitrogens is 1. The van der Waals surface area contributed by atoms with Crippen LogP contribution < -0.4 is 11.1 Å². The summed E-state index contributed by atoms with van der Waals surface area (Å²) in [5.74, 6) is -0.178. The Morgan fingerprint density at radius 2 is 2.00 bits per heavy atom. The number of carbonyl (C=O) groups excluding carboxylic acids is 1. The van der Waals surface area contributed by atoms with Crippen molar-refractivity contribution in [2.75, 3.05) is 0 Å². The molecule has 2 rings (SSSR count). The number of aromatic nitrogens is 2. The van der Waals surface area contributed by atoms with Crippen molar-refractivity contribution in [1.29, 1.82) is 0 Å². The Morgan fingerprint density at radius 3 is 2.56 bits per heavy atom. The number of hydrogen-bond acceptors (Lipinski definition) is 3. The van der Waals surface area contributed by atoms with Crippen LogP contribution in [0.25, 0.3) is 0 Å². The minimum Gasteiger partial charge on any atom is -0.347 e. The van der Waals surface area contributed by atoms with Gasteiger partial charge in [-0.15, -0.1) is 0 Å². The summed E-state index contributed by atoms with van der Waals surface area (Å²) >= 11 is 0. The maximum atomic E-state index is 11.7. The van der Waals surface area contributed by atoms with Crippen LogP contribution in [-0.4, -0.2) is 16.1 Å². The van der Waals surface area contributed by atoms with E-state index in [1.54, 1.807) is 6.07 Å². The molecule has 0 fully saturated rings. The molecule has 0 aliphatic carbocycles. The van der Waals surface area contributed by atoms with E-state index in [-0.39, 0.29) is 5.91 Å². The lowest BCUT2D eigenvalue weighted by Crippen LogP contribution is -2.23. The Hall–Kier alpha value is -2.14. The molecule has 0 radical (unpaired) electrons. The van der Waals surface area contributed by atoms with Gasteiger partial charge in [0.1, 0.15) is 5.69 Å². The van der Waals surface area contributed by atoms with Gasteiger partial charge in [0, 0.05) is 18.8 Å². The number of hydrogen-bond donors (Lipinski definition) is 3. The molecule has 0 aliphatic heterocycles. The molecule has 0 spiro atoms. The Balaban J connectivity index is 1.92. The average molecular weight is 244 g/mol. The van der Waals surface area contributed by atoms with E-state index in [9.17, 15) is 4.79 Å². The zero-order valence-corrected chi connectivity index (χ0v) is 10.2. The van der Waals surface area contributed by atoms with Gasteiger partial charge < -0.3 is 11.1 Å². The number of aromatic amines is 1. The van der Waals surface area contributed by atoms with Crippen molar-refractivity contribution in [3.8, 4) is 0 Å². The highest BCUT2D eigenvalue weighted by Gasteiger charge is 2.08. The summed E-state index contributed by atoms with van der Waals surface area (Å²) in [5.41, 5.74) is 8.91. The fourth-order valence-electron chi connectivity index (χ4n) is 1.60. The topological polar surface area (TPSA) is 83.8 Å². The molecule has 5 heteroatoms. The molecule has 0 aliphatic rings. The van der Waals surface area contributed by atoms with Crippen LogP contribution in [0.4, 0.5) is 0 Å². The predicted octanol–water partition coefficient (Wildman–Crippen LogP) is 1.11. The van der Waals surface area contributed by atoms with Crippen LogP contribution in [0.1, 0.15) is 27.3 Å². The summed E-state index contributed by atoms with van der Waals surface area (Å²) in [4.78, 5) is 11.7. The van der Waals surface area contributed by atoms with Gasteiger partial charge in [-0.25, -0.2) is 0 Å². The lowest BCUT2D eigenvalue weighted by atomic mass is 10.1. The molecule has 5 nitrogen and oxygen atoms in total. The van der Waals surface area contributed by atoms with Crippen LogP contribution in [-0.2, 0) is 13.1 Å².